The number of amides is 1. The molecule has 0 unspecified atom stereocenters. The second-order valence-electron chi connectivity index (χ2n) is 4.05. The van der Waals surface area contributed by atoms with Crippen LogP contribution >= 0.6 is 11.6 Å². The van der Waals surface area contributed by atoms with Crippen LogP contribution in [-0.2, 0) is 4.79 Å². The highest BCUT2D eigenvalue weighted by Crippen LogP contribution is 2.29. The molecule has 0 fully saturated rings. The van der Waals surface area contributed by atoms with Gasteiger partial charge in [0.1, 0.15) is 11.0 Å². The minimum atomic E-state index is -0.898. The predicted octanol–water partition coefficient (Wildman–Crippen LogP) is 2.63. The predicted molar refractivity (Wildman–Crippen MR) is 78.0 cm³/mol. The highest BCUT2D eigenvalue weighted by molar-refractivity contribution is 6.39. The Hall–Kier alpha value is -1.82. The number of carbonyl (C=O) groups excluding carboxylic acids is 1. The summed E-state index contributed by atoms with van der Waals surface area (Å²) >= 11 is 6.03. The summed E-state index contributed by atoms with van der Waals surface area (Å²) in [6.07, 6.45) is 0. The van der Waals surface area contributed by atoms with E-state index in [9.17, 15) is 13.6 Å². The fourth-order valence-corrected chi connectivity index (χ4v) is 2.03. The van der Waals surface area contributed by atoms with Crippen molar-refractivity contribution in [2.75, 3.05) is 20.2 Å². The number of rotatable bonds is 6. The van der Waals surface area contributed by atoms with Crippen molar-refractivity contribution in [1.29, 1.82) is 0 Å². The molecule has 1 amide bonds. The molecule has 0 saturated heterocycles. The Morgan fingerprint density at radius 2 is 1.81 bits per heavy atom. The molecule has 4 nitrogen and oxygen atoms in total. The van der Waals surface area contributed by atoms with E-state index in [1.807, 2.05) is 0 Å². The Labute approximate surface area is 127 Å². The quantitative estimate of drug-likeness (QED) is 0.626. The summed E-state index contributed by atoms with van der Waals surface area (Å²) in [5.74, 6) is -2.48. The van der Waals surface area contributed by atoms with E-state index in [2.05, 4.69) is 10.6 Å². The van der Waals surface area contributed by atoms with Crippen LogP contribution < -0.4 is 15.4 Å². The third kappa shape index (κ3) is 4.07. The van der Waals surface area contributed by atoms with Crippen LogP contribution in [0, 0.1) is 11.6 Å². The van der Waals surface area contributed by atoms with Gasteiger partial charge in [-0.25, -0.2) is 8.78 Å². The topological polar surface area (TPSA) is 50.4 Å². The molecule has 116 valence electrons. The number of carbonyl (C=O) groups is 1. The standard InChI is InChI=1S/C14H17ClF2N2O2/c1-4-18-13(15)12(14(20)19-5-2)8-6-11(21-3)10(17)7-9(8)16/h6-7,18H,4-5H2,1-3H3,(H,19,20)/b13-12-. The SMILES string of the molecule is CCNC(=O)/C(=C(/Cl)NCC)c1cc(OC)c(F)cc1F. The number of hydrogen-bond acceptors (Lipinski definition) is 3. The average molecular weight is 319 g/mol. The Kier molecular flexibility index (Phi) is 6.42. The maximum atomic E-state index is 14.0. The molecule has 0 saturated carbocycles. The van der Waals surface area contributed by atoms with Crippen LogP contribution in [0.5, 0.6) is 5.75 Å². The lowest BCUT2D eigenvalue weighted by molar-refractivity contribution is -0.115. The van der Waals surface area contributed by atoms with Gasteiger partial charge in [-0.1, -0.05) is 11.6 Å². The molecular formula is C14H17ClF2N2O2. The second kappa shape index (κ2) is 7.83. The lowest BCUT2D eigenvalue weighted by atomic mass is 10.0. The van der Waals surface area contributed by atoms with Gasteiger partial charge in [0.05, 0.1) is 12.7 Å². The van der Waals surface area contributed by atoms with E-state index in [0.29, 0.717) is 19.2 Å². The lowest BCUT2D eigenvalue weighted by Gasteiger charge is -2.14. The van der Waals surface area contributed by atoms with Crippen LogP contribution in [0.1, 0.15) is 19.4 Å². The molecule has 7 heteroatoms. The third-order valence-corrected chi connectivity index (χ3v) is 2.95. The molecule has 1 aromatic rings. The molecule has 1 aromatic carbocycles. The van der Waals surface area contributed by atoms with Crippen molar-refractivity contribution in [3.8, 4) is 5.75 Å². The Morgan fingerprint density at radius 3 is 2.33 bits per heavy atom. The van der Waals surface area contributed by atoms with Gasteiger partial charge in [0.25, 0.3) is 5.91 Å². The number of methoxy groups -OCH3 is 1. The summed E-state index contributed by atoms with van der Waals surface area (Å²) in [5, 5.41) is 5.27. The lowest BCUT2D eigenvalue weighted by Crippen LogP contribution is -2.27. The normalized spacial score (nSPS) is 11.7. The van der Waals surface area contributed by atoms with Gasteiger partial charge in [-0.15, -0.1) is 0 Å². The van der Waals surface area contributed by atoms with Crippen LogP contribution in [0.15, 0.2) is 17.3 Å². The van der Waals surface area contributed by atoms with E-state index in [1.165, 1.54) is 7.11 Å². The summed E-state index contributed by atoms with van der Waals surface area (Å²) in [6, 6.07) is 1.76. The van der Waals surface area contributed by atoms with Crippen LogP contribution in [0.3, 0.4) is 0 Å². The smallest absolute Gasteiger partial charge is 0.255 e. The van der Waals surface area contributed by atoms with Gasteiger partial charge in [0.2, 0.25) is 0 Å². The number of hydrogen-bond donors (Lipinski definition) is 2. The average Bonchev–Trinajstić information content (AvgIpc) is 2.42. The highest BCUT2D eigenvalue weighted by atomic mass is 35.5. The Morgan fingerprint density at radius 1 is 1.19 bits per heavy atom. The van der Waals surface area contributed by atoms with E-state index < -0.39 is 17.5 Å². The first-order valence-electron chi connectivity index (χ1n) is 6.41. The van der Waals surface area contributed by atoms with Crippen molar-refractivity contribution in [2.45, 2.75) is 13.8 Å². The van der Waals surface area contributed by atoms with Crippen molar-refractivity contribution < 1.29 is 18.3 Å². The van der Waals surface area contributed by atoms with Crippen molar-refractivity contribution in [3.63, 3.8) is 0 Å². The molecule has 0 atom stereocenters. The minimum Gasteiger partial charge on any atom is -0.494 e. The van der Waals surface area contributed by atoms with Gasteiger partial charge in [-0.2, -0.15) is 0 Å². The molecule has 0 aliphatic carbocycles. The Bertz CT molecular complexity index is 562. The zero-order valence-corrected chi connectivity index (χ0v) is 12.8. The molecule has 2 N–H and O–H groups in total. The van der Waals surface area contributed by atoms with Gasteiger partial charge < -0.3 is 15.4 Å². The first-order valence-corrected chi connectivity index (χ1v) is 6.79. The monoisotopic (exact) mass is 318 g/mol. The molecule has 0 bridgehead atoms. The zero-order valence-electron chi connectivity index (χ0n) is 12.0. The Balaban J connectivity index is 3.46. The molecule has 0 aliphatic rings. The molecular weight excluding hydrogens is 302 g/mol. The van der Waals surface area contributed by atoms with Crippen LogP contribution in [-0.4, -0.2) is 26.1 Å². The van der Waals surface area contributed by atoms with Crippen LogP contribution in [0.4, 0.5) is 8.78 Å². The van der Waals surface area contributed by atoms with E-state index in [0.717, 1.165) is 6.07 Å². The fourth-order valence-electron chi connectivity index (χ4n) is 1.71. The van der Waals surface area contributed by atoms with Gasteiger partial charge in [-0.3, -0.25) is 4.79 Å². The maximum Gasteiger partial charge on any atom is 0.255 e. The van der Waals surface area contributed by atoms with Crippen molar-refractivity contribution >= 4 is 23.1 Å². The fraction of sp³-hybridized carbons (Fsp3) is 0.357. The van der Waals surface area contributed by atoms with E-state index in [4.69, 9.17) is 16.3 Å². The third-order valence-electron chi connectivity index (χ3n) is 2.63. The summed E-state index contributed by atoms with van der Waals surface area (Å²) in [6.45, 7) is 4.29. The van der Waals surface area contributed by atoms with E-state index in [1.54, 1.807) is 13.8 Å². The molecule has 0 radical (unpaired) electrons. The highest BCUT2D eigenvalue weighted by Gasteiger charge is 2.22. The van der Waals surface area contributed by atoms with Crippen LogP contribution in [0.25, 0.3) is 5.57 Å². The van der Waals surface area contributed by atoms with Crippen molar-refractivity contribution in [1.82, 2.24) is 10.6 Å². The van der Waals surface area contributed by atoms with Gasteiger partial charge in [-0.05, 0) is 19.9 Å². The van der Waals surface area contributed by atoms with Crippen molar-refractivity contribution in [3.05, 3.63) is 34.5 Å². The second-order valence-corrected chi connectivity index (χ2v) is 4.42. The van der Waals surface area contributed by atoms with Gasteiger partial charge in [0, 0.05) is 24.7 Å². The number of halogens is 3. The molecule has 0 spiro atoms. The summed E-state index contributed by atoms with van der Waals surface area (Å²) < 4.78 is 32.3. The van der Waals surface area contributed by atoms with E-state index in [-0.39, 0.29) is 22.0 Å². The summed E-state index contributed by atoms with van der Waals surface area (Å²) in [4.78, 5) is 12.1. The molecule has 1 rings (SSSR count). The molecule has 0 aromatic heterocycles. The zero-order chi connectivity index (χ0) is 16.0. The van der Waals surface area contributed by atoms with E-state index >= 15 is 0 Å². The maximum absolute atomic E-state index is 14.0. The number of benzene rings is 1. The molecule has 0 aliphatic heterocycles. The van der Waals surface area contributed by atoms with Gasteiger partial charge in [0.15, 0.2) is 11.6 Å². The van der Waals surface area contributed by atoms with Crippen LogP contribution in [0.2, 0.25) is 0 Å². The van der Waals surface area contributed by atoms with Crippen molar-refractivity contribution in [2.24, 2.45) is 0 Å². The molecule has 0 heterocycles. The number of likely N-dealkylation sites (N-methyl/N-ethyl adjacent to an activating group) is 1. The summed E-state index contributed by atoms with van der Waals surface area (Å²) in [7, 11) is 1.25. The molecule has 21 heavy (non-hydrogen) atoms. The van der Waals surface area contributed by atoms with Gasteiger partial charge >= 0.3 is 0 Å². The minimum absolute atomic E-state index is 0.0176. The summed E-state index contributed by atoms with van der Waals surface area (Å²) in [5.41, 5.74) is -0.235. The first-order chi connectivity index (χ1) is 9.96. The largest absolute Gasteiger partial charge is 0.494 e. The number of ether oxygens (including phenoxy) is 1. The first kappa shape index (κ1) is 17.2. The number of nitrogens with one attached hydrogen (secondary N) is 2.